The first-order valence-corrected chi connectivity index (χ1v) is 7.35. The quantitative estimate of drug-likeness (QED) is 0.805. The molecule has 0 radical (unpaired) electrons. The Balaban J connectivity index is 1.97. The second-order valence-electron chi connectivity index (χ2n) is 4.88. The number of thiophene rings is 1. The van der Waals surface area contributed by atoms with Crippen molar-refractivity contribution in [2.24, 2.45) is 0 Å². The molecule has 0 unspecified atom stereocenters. The number of piperidine rings is 1. The highest BCUT2D eigenvalue weighted by Crippen LogP contribution is 2.38. The van der Waals surface area contributed by atoms with Crippen LogP contribution in [0.4, 0.5) is 0 Å². The van der Waals surface area contributed by atoms with Crippen LogP contribution in [0.5, 0.6) is 0 Å². The van der Waals surface area contributed by atoms with Crippen LogP contribution in [0.25, 0.3) is 10.1 Å². The average molecular weight is 266 g/mol. The molecular weight excluding hydrogens is 250 g/mol. The van der Waals surface area contributed by atoms with Crippen molar-refractivity contribution in [3.63, 3.8) is 0 Å². The van der Waals surface area contributed by atoms with Gasteiger partial charge in [-0.15, -0.1) is 11.3 Å². The van der Waals surface area contributed by atoms with Gasteiger partial charge in [-0.05, 0) is 50.4 Å². The Labute approximate surface area is 111 Å². The molecule has 90 valence electrons. The number of fused-ring (bicyclic) bond motifs is 1. The Bertz CT molecular complexity index is 534. The standard InChI is InChI=1S/C14H16ClNS/c1-9-7-10(5-6-16-9)14-8-11-12(15)3-2-4-13(11)17-14/h2-4,8-10,16H,5-7H2,1H3/t9-,10+/m1/s1. The summed E-state index contributed by atoms with van der Waals surface area (Å²) in [5.41, 5.74) is 0. The van der Waals surface area contributed by atoms with Crippen molar-refractivity contribution >= 4 is 33.0 Å². The highest BCUT2D eigenvalue weighted by Gasteiger charge is 2.21. The van der Waals surface area contributed by atoms with Crippen molar-refractivity contribution in [2.45, 2.75) is 31.7 Å². The average Bonchev–Trinajstić information content (AvgIpc) is 2.74. The maximum atomic E-state index is 6.23. The van der Waals surface area contributed by atoms with Gasteiger partial charge in [0.15, 0.2) is 0 Å². The highest BCUT2D eigenvalue weighted by atomic mass is 35.5. The summed E-state index contributed by atoms with van der Waals surface area (Å²) in [6, 6.07) is 9.11. The molecule has 2 heterocycles. The van der Waals surface area contributed by atoms with Crippen LogP contribution in [0.1, 0.15) is 30.6 Å². The first-order chi connectivity index (χ1) is 8.24. The number of benzene rings is 1. The fraction of sp³-hybridized carbons (Fsp3) is 0.429. The normalized spacial score (nSPS) is 25.3. The summed E-state index contributed by atoms with van der Waals surface area (Å²) in [6.07, 6.45) is 2.49. The molecule has 1 nitrogen and oxygen atoms in total. The molecule has 1 aromatic carbocycles. The molecule has 0 spiro atoms. The number of hydrogen-bond acceptors (Lipinski definition) is 2. The molecule has 0 saturated carbocycles. The fourth-order valence-electron chi connectivity index (χ4n) is 2.64. The van der Waals surface area contributed by atoms with Crippen molar-refractivity contribution in [3.8, 4) is 0 Å². The Morgan fingerprint density at radius 3 is 3.06 bits per heavy atom. The lowest BCUT2D eigenvalue weighted by atomic mass is 9.92. The van der Waals surface area contributed by atoms with E-state index in [1.807, 2.05) is 23.5 Å². The number of rotatable bonds is 1. The van der Waals surface area contributed by atoms with Crippen LogP contribution in [0.3, 0.4) is 0 Å². The van der Waals surface area contributed by atoms with Crippen molar-refractivity contribution in [2.75, 3.05) is 6.54 Å². The maximum Gasteiger partial charge on any atom is 0.0492 e. The molecule has 0 aliphatic carbocycles. The van der Waals surface area contributed by atoms with Gasteiger partial charge >= 0.3 is 0 Å². The van der Waals surface area contributed by atoms with E-state index >= 15 is 0 Å². The van der Waals surface area contributed by atoms with Crippen LogP contribution in [0, 0.1) is 0 Å². The van der Waals surface area contributed by atoms with E-state index in [0.29, 0.717) is 12.0 Å². The molecule has 2 aromatic rings. The molecule has 0 bridgehead atoms. The molecule has 1 saturated heterocycles. The van der Waals surface area contributed by atoms with Gasteiger partial charge < -0.3 is 5.32 Å². The van der Waals surface area contributed by atoms with Gasteiger partial charge in [0.2, 0.25) is 0 Å². The second kappa shape index (κ2) is 4.60. The molecule has 1 aliphatic heterocycles. The van der Waals surface area contributed by atoms with Gasteiger partial charge in [-0.25, -0.2) is 0 Å². The first kappa shape index (κ1) is 11.5. The van der Waals surface area contributed by atoms with Crippen molar-refractivity contribution in [3.05, 3.63) is 34.2 Å². The van der Waals surface area contributed by atoms with Gasteiger partial charge in [0.1, 0.15) is 0 Å². The van der Waals surface area contributed by atoms with Gasteiger partial charge in [0.25, 0.3) is 0 Å². The molecular formula is C14H16ClNS. The SMILES string of the molecule is C[C@@H]1C[C@@H](c2cc3c(Cl)cccc3s2)CCN1. The monoisotopic (exact) mass is 265 g/mol. The molecule has 1 fully saturated rings. The van der Waals surface area contributed by atoms with Crippen molar-refractivity contribution < 1.29 is 0 Å². The summed E-state index contributed by atoms with van der Waals surface area (Å²) in [6.45, 7) is 3.40. The molecule has 1 aliphatic rings. The number of nitrogens with one attached hydrogen (secondary N) is 1. The summed E-state index contributed by atoms with van der Waals surface area (Å²) in [5.74, 6) is 0.708. The number of hydrogen-bond donors (Lipinski definition) is 1. The molecule has 2 atom stereocenters. The van der Waals surface area contributed by atoms with Crippen LogP contribution in [-0.4, -0.2) is 12.6 Å². The Kier molecular flexibility index (Phi) is 3.12. The maximum absolute atomic E-state index is 6.23. The number of halogens is 1. The third kappa shape index (κ3) is 2.22. The molecule has 3 rings (SSSR count). The van der Waals surface area contributed by atoms with Crippen molar-refractivity contribution in [1.29, 1.82) is 0 Å². The van der Waals surface area contributed by atoms with Gasteiger partial charge in [0, 0.05) is 26.0 Å². The predicted molar refractivity (Wildman–Crippen MR) is 76.3 cm³/mol. The zero-order valence-electron chi connectivity index (χ0n) is 9.87. The lowest BCUT2D eigenvalue weighted by molar-refractivity contribution is 0.384. The van der Waals surface area contributed by atoms with E-state index < -0.39 is 0 Å². The van der Waals surface area contributed by atoms with Crippen molar-refractivity contribution in [1.82, 2.24) is 5.32 Å². The zero-order chi connectivity index (χ0) is 11.8. The summed E-state index contributed by atoms with van der Waals surface area (Å²) in [4.78, 5) is 1.50. The van der Waals surface area contributed by atoms with Gasteiger partial charge in [-0.1, -0.05) is 17.7 Å². The van der Waals surface area contributed by atoms with Crippen LogP contribution in [0.2, 0.25) is 5.02 Å². The Morgan fingerprint density at radius 2 is 2.29 bits per heavy atom. The van der Waals surface area contributed by atoms with Crippen LogP contribution in [-0.2, 0) is 0 Å². The minimum absolute atomic E-state index is 0.634. The predicted octanol–water partition coefficient (Wildman–Crippen LogP) is 4.41. The third-order valence-electron chi connectivity index (χ3n) is 3.55. The molecule has 17 heavy (non-hydrogen) atoms. The largest absolute Gasteiger partial charge is 0.314 e. The van der Waals surface area contributed by atoms with Crippen LogP contribution >= 0.6 is 22.9 Å². The minimum Gasteiger partial charge on any atom is -0.314 e. The summed E-state index contributed by atoms with van der Waals surface area (Å²) in [5, 5.41) is 5.61. The highest BCUT2D eigenvalue weighted by molar-refractivity contribution is 7.19. The van der Waals surface area contributed by atoms with E-state index in [0.717, 1.165) is 11.6 Å². The van der Waals surface area contributed by atoms with Gasteiger partial charge in [-0.2, -0.15) is 0 Å². The topological polar surface area (TPSA) is 12.0 Å². The summed E-state index contributed by atoms with van der Waals surface area (Å²) < 4.78 is 1.32. The smallest absolute Gasteiger partial charge is 0.0492 e. The first-order valence-electron chi connectivity index (χ1n) is 6.15. The Hall–Kier alpha value is -0.570. The van der Waals surface area contributed by atoms with Crippen LogP contribution < -0.4 is 5.32 Å². The second-order valence-corrected chi connectivity index (χ2v) is 6.40. The molecule has 0 amide bonds. The van der Waals surface area contributed by atoms with E-state index in [1.54, 1.807) is 0 Å². The molecule has 1 N–H and O–H groups in total. The lowest BCUT2D eigenvalue weighted by Gasteiger charge is -2.27. The minimum atomic E-state index is 0.634. The van der Waals surface area contributed by atoms with Gasteiger partial charge in [0.05, 0.1) is 0 Å². The van der Waals surface area contributed by atoms with Gasteiger partial charge in [-0.3, -0.25) is 0 Å². The van der Waals surface area contributed by atoms with E-state index in [2.05, 4.69) is 24.4 Å². The van der Waals surface area contributed by atoms with E-state index in [9.17, 15) is 0 Å². The van der Waals surface area contributed by atoms with E-state index in [-0.39, 0.29) is 0 Å². The zero-order valence-corrected chi connectivity index (χ0v) is 11.4. The van der Waals surface area contributed by atoms with E-state index in [4.69, 9.17) is 11.6 Å². The summed E-state index contributed by atoms with van der Waals surface area (Å²) >= 11 is 8.14. The molecule has 3 heteroatoms. The Morgan fingerprint density at radius 1 is 1.41 bits per heavy atom. The molecule has 1 aromatic heterocycles. The van der Waals surface area contributed by atoms with E-state index in [1.165, 1.54) is 27.8 Å². The lowest BCUT2D eigenvalue weighted by Crippen LogP contribution is -2.34. The third-order valence-corrected chi connectivity index (χ3v) is 5.15. The van der Waals surface area contributed by atoms with Crippen LogP contribution in [0.15, 0.2) is 24.3 Å². The fourth-order valence-corrected chi connectivity index (χ4v) is 4.16. The summed E-state index contributed by atoms with van der Waals surface area (Å²) in [7, 11) is 0.